The summed E-state index contributed by atoms with van der Waals surface area (Å²) in [6.45, 7) is 6.66. The number of unbranched alkanes of at least 4 members (excludes halogenated alkanes) is 1. The quantitative estimate of drug-likeness (QED) is 0.525. The van der Waals surface area contributed by atoms with Gasteiger partial charge in [-0.3, -0.25) is 4.79 Å². The van der Waals surface area contributed by atoms with Crippen LogP contribution in [0.5, 0.6) is 0 Å². The Morgan fingerprint density at radius 1 is 1.09 bits per heavy atom. The standard InChI is InChI=1S/C25H32N4O4S/c1-4-5-10-24-27-22-8-6-7-9-23(22)29(24)17-25(30)26-20-11-13-21(14-12-20)34(31,32)28-15-18(2)33-19(3)16-28/h6-9,11-14,18-19H,4-5,10,15-17H2,1-3H3,(H,26,30)/t18-,19-/m0/s1. The number of amides is 1. The second-order valence-electron chi connectivity index (χ2n) is 8.86. The van der Waals surface area contributed by atoms with Gasteiger partial charge in [-0.2, -0.15) is 4.31 Å². The van der Waals surface area contributed by atoms with Crippen molar-refractivity contribution in [1.82, 2.24) is 13.9 Å². The highest BCUT2D eigenvalue weighted by Crippen LogP contribution is 2.23. The monoisotopic (exact) mass is 484 g/mol. The van der Waals surface area contributed by atoms with Crippen LogP contribution in [0.25, 0.3) is 11.0 Å². The number of para-hydroxylation sites is 2. The van der Waals surface area contributed by atoms with Gasteiger partial charge in [-0.25, -0.2) is 13.4 Å². The zero-order valence-electron chi connectivity index (χ0n) is 19.9. The Labute approximate surface area is 201 Å². The number of aromatic nitrogens is 2. The van der Waals surface area contributed by atoms with Crippen LogP contribution in [0.1, 0.15) is 39.4 Å². The summed E-state index contributed by atoms with van der Waals surface area (Å²) in [5, 5.41) is 2.88. The molecule has 1 aromatic heterocycles. The zero-order chi connectivity index (χ0) is 24.3. The van der Waals surface area contributed by atoms with Crippen molar-refractivity contribution < 1.29 is 17.9 Å². The minimum Gasteiger partial charge on any atom is -0.373 e. The molecular formula is C25H32N4O4S. The largest absolute Gasteiger partial charge is 0.373 e. The third-order valence-corrected chi connectivity index (χ3v) is 7.80. The van der Waals surface area contributed by atoms with Crippen molar-refractivity contribution in [2.24, 2.45) is 0 Å². The summed E-state index contributed by atoms with van der Waals surface area (Å²) in [5.74, 6) is 0.709. The van der Waals surface area contributed by atoms with Crippen molar-refractivity contribution in [3.05, 3.63) is 54.4 Å². The molecule has 0 aliphatic carbocycles. The molecule has 0 spiro atoms. The van der Waals surface area contributed by atoms with E-state index in [9.17, 15) is 13.2 Å². The van der Waals surface area contributed by atoms with Gasteiger partial charge in [0.2, 0.25) is 15.9 Å². The highest BCUT2D eigenvalue weighted by Gasteiger charge is 2.32. The maximum Gasteiger partial charge on any atom is 0.244 e. The lowest BCUT2D eigenvalue weighted by atomic mass is 10.2. The number of morpholine rings is 1. The van der Waals surface area contributed by atoms with Gasteiger partial charge in [-0.05, 0) is 56.7 Å². The van der Waals surface area contributed by atoms with E-state index in [-0.39, 0.29) is 29.6 Å². The molecule has 2 heterocycles. The number of ether oxygens (including phenoxy) is 1. The smallest absolute Gasteiger partial charge is 0.244 e. The average molecular weight is 485 g/mol. The van der Waals surface area contributed by atoms with Crippen molar-refractivity contribution in [3.8, 4) is 0 Å². The van der Waals surface area contributed by atoms with Crippen LogP contribution < -0.4 is 5.32 Å². The van der Waals surface area contributed by atoms with E-state index in [4.69, 9.17) is 9.72 Å². The summed E-state index contributed by atoms with van der Waals surface area (Å²) in [6.07, 6.45) is 2.55. The second-order valence-corrected chi connectivity index (χ2v) is 10.8. The number of nitrogens with zero attached hydrogens (tertiary/aromatic N) is 3. The number of aryl methyl sites for hydroxylation is 1. The number of anilines is 1. The third kappa shape index (κ3) is 5.32. The second kappa shape index (κ2) is 10.2. The number of imidazole rings is 1. The van der Waals surface area contributed by atoms with Gasteiger partial charge in [0.25, 0.3) is 0 Å². The molecule has 0 bridgehead atoms. The van der Waals surface area contributed by atoms with Crippen LogP contribution >= 0.6 is 0 Å². The number of carbonyl (C=O) groups excluding carboxylic acids is 1. The number of hydrogen-bond donors (Lipinski definition) is 1. The van der Waals surface area contributed by atoms with Gasteiger partial charge in [-0.15, -0.1) is 0 Å². The lowest BCUT2D eigenvalue weighted by Crippen LogP contribution is -2.48. The first-order valence-corrected chi connectivity index (χ1v) is 13.2. The van der Waals surface area contributed by atoms with Crippen LogP contribution in [0.4, 0.5) is 5.69 Å². The summed E-state index contributed by atoms with van der Waals surface area (Å²) in [7, 11) is -3.62. The summed E-state index contributed by atoms with van der Waals surface area (Å²) in [5.41, 5.74) is 2.36. The number of nitrogens with one attached hydrogen (secondary N) is 1. The SMILES string of the molecule is CCCCc1nc2ccccc2n1CC(=O)Nc1ccc(S(=O)(=O)N2C[C@H](C)O[C@@H](C)C2)cc1. The van der Waals surface area contributed by atoms with Gasteiger partial charge in [0, 0.05) is 25.2 Å². The van der Waals surface area contributed by atoms with Crippen molar-refractivity contribution >= 4 is 32.7 Å². The lowest BCUT2D eigenvalue weighted by molar-refractivity contribution is -0.116. The maximum atomic E-state index is 13.0. The van der Waals surface area contributed by atoms with Crippen molar-refractivity contribution in [2.45, 2.75) is 63.7 Å². The molecule has 34 heavy (non-hydrogen) atoms. The van der Waals surface area contributed by atoms with Crippen LogP contribution in [0.15, 0.2) is 53.4 Å². The summed E-state index contributed by atoms with van der Waals surface area (Å²) in [4.78, 5) is 17.8. The van der Waals surface area contributed by atoms with Crippen molar-refractivity contribution in [2.75, 3.05) is 18.4 Å². The molecule has 1 aliphatic rings. The number of fused-ring (bicyclic) bond motifs is 1. The molecule has 1 amide bonds. The molecule has 1 saturated heterocycles. The summed E-state index contributed by atoms with van der Waals surface area (Å²) >= 11 is 0. The highest BCUT2D eigenvalue weighted by atomic mass is 32.2. The topological polar surface area (TPSA) is 93.5 Å². The highest BCUT2D eigenvalue weighted by molar-refractivity contribution is 7.89. The fraction of sp³-hybridized carbons (Fsp3) is 0.440. The Morgan fingerprint density at radius 2 is 1.76 bits per heavy atom. The molecule has 0 radical (unpaired) electrons. The van der Waals surface area contributed by atoms with Crippen LogP contribution in [-0.4, -0.2) is 53.5 Å². The summed E-state index contributed by atoms with van der Waals surface area (Å²) < 4.78 is 35.2. The molecule has 1 fully saturated rings. The predicted octanol–water partition coefficient (Wildman–Crippen LogP) is 3.82. The van der Waals surface area contributed by atoms with E-state index >= 15 is 0 Å². The first-order chi connectivity index (χ1) is 16.3. The van der Waals surface area contributed by atoms with E-state index in [1.165, 1.54) is 16.4 Å². The normalized spacial score (nSPS) is 19.4. The average Bonchev–Trinajstić information content (AvgIpc) is 3.14. The molecular weight excluding hydrogens is 452 g/mol. The molecule has 8 nitrogen and oxygen atoms in total. The van der Waals surface area contributed by atoms with Gasteiger partial charge in [-0.1, -0.05) is 25.5 Å². The Morgan fingerprint density at radius 3 is 2.44 bits per heavy atom. The minimum absolute atomic E-state index is 0.142. The number of hydrogen-bond acceptors (Lipinski definition) is 5. The van der Waals surface area contributed by atoms with E-state index in [1.807, 2.05) is 42.7 Å². The predicted molar refractivity (Wildman–Crippen MR) is 132 cm³/mol. The Hall–Kier alpha value is -2.75. The van der Waals surface area contributed by atoms with Crippen LogP contribution in [0, 0.1) is 0 Å². The molecule has 0 saturated carbocycles. The summed E-state index contributed by atoms with van der Waals surface area (Å²) in [6, 6.07) is 14.1. The number of sulfonamides is 1. The van der Waals surface area contributed by atoms with E-state index in [1.54, 1.807) is 12.1 Å². The van der Waals surface area contributed by atoms with E-state index in [2.05, 4.69) is 12.2 Å². The fourth-order valence-corrected chi connectivity index (χ4v) is 5.95. The van der Waals surface area contributed by atoms with E-state index < -0.39 is 10.0 Å². The molecule has 4 rings (SSSR count). The molecule has 182 valence electrons. The molecule has 1 N–H and O–H groups in total. The third-order valence-electron chi connectivity index (χ3n) is 5.95. The molecule has 1 aliphatic heterocycles. The van der Waals surface area contributed by atoms with Gasteiger partial charge in [0.1, 0.15) is 12.4 Å². The van der Waals surface area contributed by atoms with Crippen LogP contribution in [0.2, 0.25) is 0 Å². The molecule has 0 unspecified atom stereocenters. The number of rotatable bonds is 8. The Balaban J connectivity index is 1.47. The molecule has 2 atom stereocenters. The van der Waals surface area contributed by atoms with Gasteiger partial charge in [0.15, 0.2) is 0 Å². The van der Waals surface area contributed by atoms with E-state index in [0.29, 0.717) is 18.8 Å². The van der Waals surface area contributed by atoms with Crippen molar-refractivity contribution in [1.29, 1.82) is 0 Å². The lowest BCUT2D eigenvalue weighted by Gasteiger charge is -2.34. The maximum absolute atomic E-state index is 13.0. The van der Waals surface area contributed by atoms with E-state index in [0.717, 1.165) is 36.1 Å². The zero-order valence-corrected chi connectivity index (χ0v) is 20.7. The number of benzene rings is 2. The van der Waals surface area contributed by atoms with Crippen LogP contribution in [-0.2, 0) is 32.5 Å². The fourth-order valence-electron chi connectivity index (χ4n) is 4.36. The first-order valence-electron chi connectivity index (χ1n) is 11.8. The molecule has 2 aromatic carbocycles. The molecule has 9 heteroatoms. The molecule has 3 aromatic rings. The van der Waals surface area contributed by atoms with Gasteiger partial charge in [0.05, 0.1) is 28.1 Å². The Bertz CT molecular complexity index is 1240. The number of carbonyl (C=O) groups is 1. The minimum atomic E-state index is -3.62. The Kier molecular flexibility index (Phi) is 7.35. The van der Waals surface area contributed by atoms with Crippen molar-refractivity contribution in [3.63, 3.8) is 0 Å². The first kappa shape index (κ1) is 24.4. The van der Waals surface area contributed by atoms with Gasteiger partial charge >= 0.3 is 0 Å². The van der Waals surface area contributed by atoms with Crippen LogP contribution in [0.3, 0.4) is 0 Å². The van der Waals surface area contributed by atoms with Gasteiger partial charge < -0.3 is 14.6 Å².